The van der Waals surface area contributed by atoms with Crippen molar-refractivity contribution in [2.45, 2.75) is 25.3 Å². The second-order valence-corrected chi connectivity index (χ2v) is 8.20. The molecule has 142 valence electrons. The van der Waals surface area contributed by atoms with Gasteiger partial charge in [-0.1, -0.05) is 32.1 Å². The van der Waals surface area contributed by atoms with E-state index in [-0.39, 0.29) is 23.9 Å². The van der Waals surface area contributed by atoms with E-state index in [0.717, 1.165) is 11.1 Å². The van der Waals surface area contributed by atoms with E-state index >= 15 is 0 Å². The molecule has 0 bridgehead atoms. The minimum Gasteiger partial charge on any atom is -0.460 e. The molecule has 0 heterocycles. The van der Waals surface area contributed by atoms with Crippen LogP contribution in [0.1, 0.15) is 19.4 Å². The minimum atomic E-state index is -0.626. The molecule has 2 aromatic rings. The molecule has 0 aliphatic heterocycles. The summed E-state index contributed by atoms with van der Waals surface area (Å²) in [5, 5.41) is 0. The normalized spacial score (nSPS) is 19.1. The number of rotatable bonds is 6. The molecule has 1 saturated carbocycles. The average molecular weight is 406 g/mol. The van der Waals surface area contributed by atoms with Crippen LogP contribution in [-0.2, 0) is 16.1 Å². The zero-order chi connectivity index (χ0) is 19.6. The summed E-state index contributed by atoms with van der Waals surface area (Å²) in [6.07, 6.45) is 1.70. The molecule has 0 spiro atoms. The van der Waals surface area contributed by atoms with E-state index in [1.165, 1.54) is 0 Å². The summed E-state index contributed by atoms with van der Waals surface area (Å²) in [6, 6.07) is 14.6. The van der Waals surface area contributed by atoms with Gasteiger partial charge < -0.3 is 15.2 Å². The Labute approximate surface area is 168 Å². The number of ether oxygens (including phenoxy) is 2. The minimum absolute atomic E-state index is 0.169. The number of nitrogen functional groups attached to an aromatic ring is 1. The SMILES string of the molecule is CC1(C)/C(=C\C(Cl)Cl)C1C(=O)OCc1cccc(Oc2ccc(N)cc2)c1. The third-order valence-corrected chi connectivity index (χ3v) is 4.88. The molecular weight excluding hydrogens is 385 g/mol. The van der Waals surface area contributed by atoms with Crippen molar-refractivity contribution in [2.24, 2.45) is 11.3 Å². The number of allylic oxidation sites excluding steroid dienone is 1. The summed E-state index contributed by atoms with van der Waals surface area (Å²) in [5.41, 5.74) is 7.84. The van der Waals surface area contributed by atoms with E-state index < -0.39 is 4.84 Å². The van der Waals surface area contributed by atoms with Gasteiger partial charge in [0.25, 0.3) is 0 Å². The Balaban J connectivity index is 1.60. The van der Waals surface area contributed by atoms with Crippen LogP contribution in [0.15, 0.2) is 60.2 Å². The van der Waals surface area contributed by atoms with Crippen LogP contribution in [0.3, 0.4) is 0 Å². The zero-order valence-corrected chi connectivity index (χ0v) is 16.6. The molecule has 1 atom stereocenters. The first-order valence-electron chi connectivity index (χ1n) is 8.56. The van der Waals surface area contributed by atoms with Gasteiger partial charge in [0.1, 0.15) is 22.9 Å². The topological polar surface area (TPSA) is 61.5 Å². The van der Waals surface area contributed by atoms with Crippen LogP contribution >= 0.6 is 23.2 Å². The molecule has 1 fully saturated rings. The number of hydrogen-bond acceptors (Lipinski definition) is 4. The largest absolute Gasteiger partial charge is 0.460 e. The summed E-state index contributed by atoms with van der Waals surface area (Å²) in [6.45, 7) is 4.12. The molecule has 27 heavy (non-hydrogen) atoms. The maximum atomic E-state index is 12.4. The van der Waals surface area contributed by atoms with Crippen LogP contribution in [0.25, 0.3) is 0 Å². The number of alkyl halides is 2. The monoisotopic (exact) mass is 405 g/mol. The molecule has 0 saturated heterocycles. The lowest BCUT2D eigenvalue weighted by Gasteiger charge is -2.09. The van der Waals surface area contributed by atoms with Crippen molar-refractivity contribution < 1.29 is 14.3 Å². The van der Waals surface area contributed by atoms with Crippen molar-refractivity contribution in [3.8, 4) is 11.5 Å². The Bertz CT molecular complexity index is 860. The molecule has 2 N–H and O–H groups in total. The molecule has 0 amide bonds. The van der Waals surface area contributed by atoms with Crippen molar-refractivity contribution >= 4 is 34.9 Å². The summed E-state index contributed by atoms with van der Waals surface area (Å²) < 4.78 is 11.3. The first-order valence-corrected chi connectivity index (χ1v) is 9.44. The molecule has 1 unspecified atom stereocenters. The lowest BCUT2D eigenvalue weighted by Crippen LogP contribution is -2.10. The number of benzene rings is 2. The Morgan fingerprint density at radius 3 is 2.56 bits per heavy atom. The number of halogens is 2. The first-order chi connectivity index (χ1) is 12.8. The van der Waals surface area contributed by atoms with Gasteiger partial charge in [-0.05, 0) is 47.5 Å². The van der Waals surface area contributed by atoms with Crippen LogP contribution in [0.4, 0.5) is 5.69 Å². The van der Waals surface area contributed by atoms with Crippen LogP contribution in [0.5, 0.6) is 11.5 Å². The highest BCUT2D eigenvalue weighted by atomic mass is 35.5. The number of anilines is 1. The van der Waals surface area contributed by atoms with E-state index in [1.807, 2.05) is 38.1 Å². The van der Waals surface area contributed by atoms with Crippen LogP contribution < -0.4 is 10.5 Å². The molecule has 3 rings (SSSR count). The van der Waals surface area contributed by atoms with Gasteiger partial charge in [0, 0.05) is 11.1 Å². The van der Waals surface area contributed by atoms with E-state index in [1.54, 1.807) is 30.3 Å². The summed E-state index contributed by atoms with van der Waals surface area (Å²) in [7, 11) is 0. The highest BCUT2D eigenvalue weighted by Gasteiger charge is 2.57. The second kappa shape index (κ2) is 7.83. The second-order valence-electron chi connectivity index (χ2n) is 7.04. The highest BCUT2D eigenvalue weighted by Crippen LogP contribution is 2.58. The summed E-state index contributed by atoms with van der Waals surface area (Å²) in [5.74, 6) is 0.772. The Morgan fingerprint density at radius 1 is 1.19 bits per heavy atom. The molecule has 6 heteroatoms. The van der Waals surface area contributed by atoms with Gasteiger partial charge in [0.2, 0.25) is 0 Å². The van der Waals surface area contributed by atoms with Gasteiger partial charge >= 0.3 is 5.97 Å². The Hall–Kier alpha value is -2.17. The van der Waals surface area contributed by atoms with Crippen molar-refractivity contribution in [3.63, 3.8) is 0 Å². The lowest BCUT2D eigenvalue weighted by atomic mass is 10.1. The van der Waals surface area contributed by atoms with Gasteiger partial charge in [-0.2, -0.15) is 0 Å². The fraction of sp³-hybridized carbons (Fsp3) is 0.286. The molecule has 1 aliphatic rings. The highest BCUT2D eigenvalue weighted by molar-refractivity contribution is 6.45. The smallest absolute Gasteiger partial charge is 0.314 e. The van der Waals surface area contributed by atoms with Crippen molar-refractivity contribution in [2.75, 3.05) is 5.73 Å². The van der Waals surface area contributed by atoms with Crippen LogP contribution in [0, 0.1) is 11.3 Å². The van der Waals surface area contributed by atoms with Gasteiger partial charge in [-0.25, -0.2) is 0 Å². The Kier molecular flexibility index (Phi) is 5.68. The van der Waals surface area contributed by atoms with E-state index in [4.69, 9.17) is 38.4 Å². The third-order valence-electron chi connectivity index (χ3n) is 4.63. The van der Waals surface area contributed by atoms with Crippen molar-refractivity contribution in [1.82, 2.24) is 0 Å². The molecule has 4 nitrogen and oxygen atoms in total. The Morgan fingerprint density at radius 2 is 1.89 bits per heavy atom. The first kappa shape index (κ1) is 19.6. The fourth-order valence-electron chi connectivity index (χ4n) is 3.06. The molecule has 0 radical (unpaired) electrons. The number of carbonyl (C=O) groups is 1. The van der Waals surface area contributed by atoms with Crippen molar-refractivity contribution in [1.29, 1.82) is 0 Å². The van der Waals surface area contributed by atoms with Crippen LogP contribution in [-0.4, -0.2) is 10.8 Å². The van der Waals surface area contributed by atoms with Crippen LogP contribution in [0.2, 0.25) is 0 Å². The number of carbonyl (C=O) groups excluding carboxylic acids is 1. The summed E-state index contributed by atoms with van der Waals surface area (Å²) in [4.78, 5) is 11.8. The fourth-order valence-corrected chi connectivity index (χ4v) is 3.33. The molecule has 0 aromatic heterocycles. The zero-order valence-electron chi connectivity index (χ0n) is 15.1. The van der Waals surface area contributed by atoms with Crippen molar-refractivity contribution in [3.05, 3.63) is 65.7 Å². The third kappa shape index (κ3) is 4.76. The number of esters is 1. The quantitative estimate of drug-likeness (QED) is 0.298. The summed E-state index contributed by atoms with van der Waals surface area (Å²) >= 11 is 11.6. The lowest BCUT2D eigenvalue weighted by molar-refractivity contribution is -0.147. The van der Waals surface area contributed by atoms with Gasteiger partial charge in [0.05, 0.1) is 5.92 Å². The van der Waals surface area contributed by atoms with Gasteiger partial charge in [-0.15, -0.1) is 23.2 Å². The standard InChI is InChI=1S/C21H21Cl2NO3/c1-21(2)17(11-18(22)23)19(21)20(25)26-12-13-4-3-5-16(10-13)27-15-8-6-14(24)7-9-15/h3-11,18-19H,12,24H2,1-2H3/b17-11-. The van der Waals surface area contributed by atoms with Gasteiger partial charge in [0.15, 0.2) is 0 Å². The average Bonchev–Trinajstić information content (AvgIpc) is 3.14. The maximum absolute atomic E-state index is 12.4. The van der Waals surface area contributed by atoms with E-state index in [9.17, 15) is 4.79 Å². The van der Waals surface area contributed by atoms with E-state index in [2.05, 4.69) is 0 Å². The maximum Gasteiger partial charge on any atom is 0.314 e. The predicted molar refractivity (Wildman–Crippen MR) is 108 cm³/mol. The van der Waals surface area contributed by atoms with Gasteiger partial charge in [-0.3, -0.25) is 4.79 Å². The number of nitrogens with two attached hydrogens (primary N) is 1. The molecule has 2 aromatic carbocycles. The predicted octanol–water partition coefficient (Wildman–Crippen LogP) is 5.49. The molecular formula is C21H21Cl2NO3. The number of hydrogen-bond donors (Lipinski definition) is 1. The molecule has 1 aliphatic carbocycles. The van der Waals surface area contributed by atoms with E-state index in [0.29, 0.717) is 17.2 Å².